The summed E-state index contributed by atoms with van der Waals surface area (Å²) in [6.07, 6.45) is -2.39. The van der Waals surface area contributed by atoms with Crippen LogP contribution in [0.5, 0.6) is 5.75 Å². The highest BCUT2D eigenvalue weighted by Crippen LogP contribution is 2.62. The van der Waals surface area contributed by atoms with Crippen LogP contribution in [-0.4, -0.2) is 50.9 Å². The number of amides is 1. The predicted octanol–water partition coefficient (Wildman–Crippen LogP) is 3.89. The monoisotopic (exact) mass is 393 g/mol. The van der Waals surface area contributed by atoms with Crippen molar-refractivity contribution in [2.24, 2.45) is 5.41 Å². The minimum absolute atomic E-state index is 0.00999. The van der Waals surface area contributed by atoms with Crippen LogP contribution in [-0.2, 0) is 11.2 Å². The number of nitrogens with zero attached hydrogens (tertiary/aromatic N) is 1. The number of alkyl halides is 3. The highest BCUT2D eigenvalue weighted by Gasteiger charge is 2.49. The van der Waals surface area contributed by atoms with Gasteiger partial charge in [0.25, 0.3) is 0 Å². The van der Waals surface area contributed by atoms with Gasteiger partial charge in [-0.05, 0) is 37.0 Å². The van der Waals surface area contributed by atoms with Gasteiger partial charge in [0, 0.05) is 36.4 Å². The van der Waals surface area contributed by atoms with E-state index >= 15 is 0 Å². The zero-order valence-corrected chi connectivity index (χ0v) is 15.0. The Bertz CT molecular complexity index is 645. The first-order chi connectivity index (χ1) is 12.1. The van der Waals surface area contributed by atoms with E-state index in [1.807, 2.05) is 0 Å². The van der Waals surface area contributed by atoms with Gasteiger partial charge >= 0.3 is 6.36 Å². The molecule has 2 fully saturated rings. The maximum atomic E-state index is 12.3. The third-order valence-electron chi connectivity index (χ3n) is 5.04. The van der Waals surface area contributed by atoms with E-state index in [1.165, 1.54) is 24.3 Å². The number of ether oxygens (including phenoxy) is 1. The molecule has 2 heterocycles. The van der Waals surface area contributed by atoms with Gasteiger partial charge in [0.05, 0.1) is 0 Å². The Labute approximate surface area is 151 Å². The van der Waals surface area contributed by atoms with Crippen LogP contribution in [0.2, 0.25) is 0 Å². The Morgan fingerprint density at radius 3 is 2.23 bits per heavy atom. The molecule has 5 nitrogen and oxygen atoms in total. The first-order valence-electron chi connectivity index (χ1n) is 8.42. The Hall–Kier alpha value is -1.45. The SMILES string of the molecule is O=C(CCc1ccc(OC(F)(F)F)cc1)N1CCC2(CC1)CS(O)(O)C2. The average molecular weight is 393 g/mol. The molecule has 0 atom stereocenters. The number of carbonyl (C=O) groups is 1. The van der Waals surface area contributed by atoms with E-state index < -0.39 is 17.0 Å². The van der Waals surface area contributed by atoms with Crippen LogP contribution < -0.4 is 4.74 Å². The number of aryl methyl sites for hydroxylation is 1. The van der Waals surface area contributed by atoms with Gasteiger partial charge in [-0.1, -0.05) is 12.1 Å². The normalized spacial score (nSPS) is 22.6. The second kappa shape index (κ2) is 6.94. The van der Waals surface area contributed by atoms with Gasteiger partial charge in [0.15, 0.2) is 0 Å². The van der Waals surface area contributed by atoms with Gasteiger partial charge in [0.2, 0.25) is 5.91 Å². The first kappa shape index (κ1) is 19.3. The summed E-state index contributed by atoms with van der Waals surface area (Å²) in [5, 5.41) is 0. The van der Waals surface area contributed by atoms with E-state index in [2.05, 4.69) is 4.74 Å². The first-order valence-corrected chi connectivity index (χ1v) is 10.3. The summed E-state index contributed by atoms with van der Waals surface area (Å²) < 4.78 is 59.4. The van der Waals surface area contributed by atoms with Crippen LogP contribution in [0.3, 0.4) is 0 Å². The zero-order valence-electron chi connectivity index (χ0n) is 14.2. The highest BCUT2D eigenvalue weighted by atomic mass is 32.3. The minimum Gasteiger partial charge on any atom is -0.406 e. The molecule has 0 bridgehead atoms. The van der Waals surface area contributed by atoms with Crippen molar-refractivity contribution in [3.63, 3.8) is 0 Å². The van der Waals surface area contributed by atoms with Crippen molar-refractivity contribution in [2.45, 2.75) is 32.0 Å². The fourth-order valence-electron chi connectivity index (χ4n) is 3.72. The van der Waals surface area contributed by atoms with Gasteiger partial charge in [-0.15, -0.1) is 13.2 Å². The van der Waals surface area contributed by atoms with E-state index in [1.54, 1.807) is 4.90 Å². The van der Waals surface area contributed by atoms with Crippen LogP contribution in [0.25, 0.3) is 0 Å². The number of piperidine rings is 1. The highest BCUT2D eigenvalue weighted by molar-refractivity contribution is 8.25. The molecule has 1 aromatic rings. The van der Waals surface area contributed by atoms with E-state index in [-0.39, 0.29) is 17.1 Å². The quantitative estimate of drug-likeness (QED) is 0.814. The Kier molecular flexibility index (Phi) is 5.15. The number of carbonyl (C=O) groups excluding carboxylic acids is 1. The molecule has 2 N–H and O–H groups in total. The zero-order chi connectivity index (χ0) is 19.0. The van der Waals surface area contributed by atoms with E-state index in [0.29, 0.717) is 37.4 Å². The van der Waals surface area contributed by atoms with Crippen molar-refractivity contribution in [1.82, 2.24) is 4.90 Å². The third kappa shape index (κ3) is 4.83. The topological polar surface area (TPSA) is 70.0 Å². The summed E-state index contributed by atoms with van der Waals surface area (Å²) in [6, 6.07) is 5.54. The molecule has 26 heavy (non-hydrogen) atoms. The van der Waals surface area contributed by atoms with E-state index in [9.17, 15) is 27.1 Å². The van der Waals surface area contributed by atoms with Crippen LogP contribution in [0.4, 0.5) is 13.2 Å². The molecule has 2 aliphatic rings. The number of hydrogen-bond donors (Lipinski definition) is 2. The number of likely N-dealkylation sites (tertiary alicyclic amines) is 1. The largest absolute Gasteiger partial charge is 0.573 e. The van der Waals surface area contributed by atoms with E-state index in [4.69, 9.17) is 0 Å². The maximum absolute atomic E-state index is 12.3. The molecule has 2 saturated heterocycles. The average Bonchev–Trinajstić information content (AvgIpc) is 2.51. The molecule has 0 radical (unpaired) electrons. The molecule has 0 aliphatic carbocycles. The van der Waals surface area contributed by atoms with Crippen LogP contribution in [0.15, 0.2) is 24.3 Å². The van der Waals surface area contributed by atoms with Gasteiger partial charge in [0.1, 0.15) is 5.75 Å². The molecule has 2 aliphatic heterocycles. The maximum Gasteiger partial charge on any atom is 0.573 e. The second-order valence-corrected chi connectivity index (χ2v) is 9.35. The minimum atomic E-state index is -4.71. The van der Waals surface area contributed by atoms with Crippen molar-refractivity contribution < 1.29 is 31.8 Å². The van der Waals surface area contributed by atoms with Crippen LogP contribution in [0.1, 0.15) is 24.8 Å². The van der Waals surface area contributed by atoms with Crippen molar-refractivity contribution in [3.05, 3.63) is 29.8 Å². The summed E-state index contributed by atoms with van der Waals surface area (Å²) in [6.45, 7) is 1.24. The van der Waals surface area contributed by atoms with Gasteiger partial charge in [-0.2, -0.15) is 10.6 Å². The molecule has 9 heteroatoms. The van der Waals surface area contributed by atoms with Gasteiger partial charge in [-0.25, -0.2) is 0 Å². The molecule has 0 unspecified atom stereocenters. The predicted molar refractivity (Wildman–Crippen MR) is 92.3 cm³/mol. The summed E-state index contributed by atoms with van der Waals surface area (Å²) in [4.78, 5) is 14.1. The summed E-state index contributed by atoms with van der Waals surface area (Å²) in [7, 11) is -2.37. The molecular weight excluding hydrogens is 371 g/mol. The number of hydrogen-bond acceptors (Lipinski definition) is 4. The Morgan fingerprint density at radius 2 is 1.73 bits per heavy atom. The Balaban J connectivity index is 1.43. The van der Waals surface area contributed by atoms with Crippen molar-refractivity contribution in [2.75, 3.05) is 24.6 Å². The number of halogens is 3. The van der Waals surface area contributed by atoms with E-state index in [0.717, 1.165) is 18.4 Å². The Morgan fingerprint density at radius 1 is 1.15 bits per heavy atom. The fourth-order valence-corrected chi connectivity index (χ4v) is 6.18. The van der Waals surface area contributed by atoms with Crippen molar-refractivity contribution in [3.8, 4) is 5.75 Å². The lowest BCUT2D eigenvalue weighted by molar-refractivity contribution is -0.274. The van der Waals surface area contributed by atoms with Gasteiger partial charge < -0.3 is 9.64 Å². The lowest BCUT2D eigenvalue weighted by Gasteiger charge is -2.58. The van der Waals surface area contributed by atoms with Crippen molar-refractivity contribution >= 4 is 16.5 Å². The summed E-state index contributed by atoms with van der Waals surface area (Å²) in [5.74, 6) is 0.643. The fraction of sp³-hybridized carbons (Fsp3) is 0.588. The molecule has 1 amide bonds. The number of rotatable bonds is 4. The lowest BCUT2D eigenvalue weighted by atomic mass is 9.81. The smallest absolute Gasteiger partial charge is 0.406 e. The second-order valence-electron chi connectivity index (χ2n) is 7.16. The van der Waals surface area contributed by atoms with Crippen LogP contribution >= 0.6 is 10.6 Å². The van der Waals surface area contributed by atoms with Crippen molar-refractivity contribution in [1.29, 1.82) is 0 Å². The molecule has 0 aromatic heterocycles. The molecule has 146 valence electrons. The molecule has 1 spiro atoms. The molecule has 0 saturated carbocycles. The number of benzene rings is 1. The standard InChI is InChI=1S/C17H22F3NO4S/c18-17(19,20)25-14-4-1-13(2-5-14)3-6-15(22)21-9-7-16(8-10-21)11-26(23,24)12-16/h1-2,4-5,23-24H,3,6-12H2. The third-order valence-corrected chi connectivity index (χ3v) is 7.19. The summed E-state index contributed by atoms with van der Waals surface area (Å²) in [5.41, 5.74) is 0.762. The van der Waals surface area contributed by atoms with Crippen LogP contribution in [0, 0.1) is 5.41 Å². The molecule has 1 aromatic carbocycles. The molecular formula is C17H22F3NO4S. The lowest BCUT2D eigenvalue weighted by Crippen LogP contribution is -2.53. The summed E-state index contributed by atoms with van der Waals surface area (Å²) >= 11 is 0. The molecule has 3 rings (SSSR count). The van der Waals surface area contributed by atoms with Gasteiger partial charge in [-0.3, -0.25) is 13.9 Å².